The predicted molar refractivity (Wildman–Crippen MR) is 87.1 cm³/mol. The molecule has 0 aromatic heterocycles. The van der Waals surface area contributed by atoms with Crippen molar-refractivity contribution >= 4 is 6.09 Å². The molecule has 0 spiro atoms. The van der Waals surface area contributed by atoms with Crippen molar-refractivity contribution in [2.75, 3.05) is 0 Å². The van der Waals surface area contributed by atoms with Gasteiger partial charge in [-0.3, -0.25) is 0 Å². The first-order chi connectivity index (χ1) is 10.0. The molecule has 0 radical (unpaired) electrons. The zero-order chi connectivity index (χ0) is 15.7. The van der Waals surface area contributed by atoms with Gasteiger partial charge in [0, 0.05) is 6.04 Å². The summed E-state index contributed by atoms with van der Waals surface area (Å²) in [4.78, 5) is 11.9. The van der Waals surface area contributed by atoms with Crippen LogP contribution in [0.1, 0.15) is 45.6 Å². The Morgan fingerprint density at radius 3 is 2.52 bits per heavy atom. The Labute approximate surface area is 128 Å². The highest BCUT2D eigenvalue weighted by Gasteiger charge is 2.15. The minimum atomic E-state index is -0.353. The molecule has 21 heavy (non-hydrogen) atoms. The standard InChI is InChI=1S/C18H27NO2/c1-5-15(4)12-17(11-14(2)3)19-18(20)21-13-16-9-7-6-8-10-16/h6-10,14,17H,4-5,11-13H2,1-3H3,(H,19,20). The molecule has 3 nitrogen and oxygen atoms in total. The van der Waals surface area contributed by atoms with Crippen molar-refractivity contribution in [3.05, 3.63) is 48.0 Å². The largest absolute Gasteiger partial charge is 0.445 e. The summed E-state index contributed by atoms with van der Waals surface area (Å²) in [5.41, 5.74) is 2.15. The lowest BCUT2D eigenvalue weighted by Gasteiger charge is -2.21. The Balaban J connectivity index is 2.45. The Morgan fingerprint density at radius 2 is 1.95 bits per heavy atom. The first-order valence-corrected chi connectivity index (χ1v) is 7.65. The topological polar surface area (TPSA) is 38.3 Å². The van der Waals surface area contributed by atoms with Crippen LogP contribution >= 0.6 is 0 Å². The summed E-state index contributed by atoms with van der Waals surface area (Å²) in [5, 5.41) is 2.96. The summed E-state index contributed by atoms with van der Waals surface area (Å²) < 4.78 is 5.28. The van der Waals surface area contributed by atoms with Gasteiger partial charge in [0.2, 0.25) is 0 Å². The van der Waals surface area contributed by atoms with Crippen LogP contribution in [-0.2, 0) is 11.3 Å². The SMILES string of the molecule is C=C(CC)CC(CC(C)C)NC(=O)OCc1ccccc1. The highest BCUT2D eigenvalue weighted by atomic mass is 16.5. The molecule has 1 rings (SSSR count). The third-order valence-electron chi connectivity index (χ3n) is 3.33. The van der Waals surface area contributed by atoms with Gasteiger partial charge in [0.25, 0.3) is 0 Å². The second kappa shape index (κ2) is 9.22. The summed E-state index contributed by atoms with van der Waals surface area (Å²) in [7, 11) is 0. The van der Waals surface area contributed by atoms with Crippen molar-refractivity contribution in [3.8, 4) is 0 Å². The average Bonchev–Trinajstić information content (AvgIpc) is 2.45. The number of rotatable bonds is 8. The second-order valence-electron chi connectivity index (χ2n) is 5.84. The van der Waals surface area contributed by atoms with E-state index in [1.54, 1.807) is 0 Å². The van der Waals surface area contributed by atoms with E-state index in [1.165, 1.54) is 0 Å². The van der Waals surface area contributed by atoms with Crippen LogP contribution in [0.25, 0.3) is 0 Å². The third kappa shape index (κ3) is 7.54. The number of hydrogen-bond donors (Lipinski definition) is 1. The zero-order valence-electron chi connectivity index (χ0n) is 13.4. The van der Waals surface area contributed by atoms with Crippen LogP contribution in [0.3, 0.4) is 0 Å². The van der Waals surface area contributed by atoms with Gasteiger partial charge in [-0.2, -0.15) is 0 Å². The number of carbonyl (C=O) groups is 1. The molecule has 116 valence electrons. The first kappa shape index (κ1) is 17.3. The Hall–Kier alpha value is -1.77. The number of carbonyl (C=O) groups excluding carboxylic acids is 1. The quantitative estimate of drug-likeness (QED) is 0.705. The van der Waals surface area contributed by atoms with Crippen molar-refractivity contribution in [3.63, 3.8) is 0 Å². The van der Waals surface area contributed by atoms with E-state index in [-0.39, 0.29) is 12.1 Å². The summed E-state index contributed by atoms with van der Waals surface area (Å²) in [6, 6.07) is 9.79. The maximum Gasteiger partial charge on any atom is 0.407 e. The third-order valence-corrected chi connectivity index (χ3v) is 3.33. The molecule has 1 aromatic rings. The van der Waals surface area contributed by atoms with E-state index in [9.17, 15) is 4.79 Å². The molecule has 1 amide bonds. The van der Waals surface area contributed by atoms with Gasteiger partial charge in [0.1, 0.15) is 6.61 Å². The van der Waals surface area contributed by atoms with E-state index < -0.39 is 0 Å². The fraction of sp³-hybridized carbons (Fsp3) is 0.500. The molecular formula is C18H27NO2. The molecule has 3 heteroatoms. The molecule has 0 aliphatic rings. The van der Waals surface area contributed by atoms with Gasteiger partial charge >= 0.3 is 6.09 Å². The van der Waals surface area contributed by atoms with Crippen LogP contribution in [0.2, 0.25) is 0 Å². The van der Waals surface area contributed by atoms with Gasteiger partial charge in [-0.05, 0) is 30.7 Å². The maximum atomic E-state index is 11.9. The fourth-order valence-corrected chi connectivity index (χ4v) is 2.19. The predicted octanol–water partition coefficient (Wildman–Crippen LogP) is 4.68. The van der Waals surface area contributed by atoms with Gasteiger partial charge in [-0.25, -0.2) is 4.79 Å². The van der Waals surface area contributed by atoms with Gasteiger partial charge in [-0.1, -0.05) is 63.3 Å². The Kier molecular flexibility index (Phi) is 7.59. The van der Waals surface area contributed by atoms with E-state index >= 15 is 0 Å². The summed E-state index contributed by atoms with van der Waals surface area (Å²) in [6.45, 7) is 10.7. The minimum absolute atomic E-state index is 0.0979. The number of ether oxygens (including phenoxy) is 1. The van der Waals surface area contributed by atoms with Crippen molar-refractivity contribution in [1.29, 1.82) is 0 Å². The average molecular weight is 289 g/mol. The maximum absolute atomic E-state index is 11.9. The van der Waals surface area contributed by atoms with Crippen molar-refractivity contribution < 1.29 is 9.53 Å². The molecule has 0 aliphatic carbocycles. The Bertz CT molecular complexity index is 440. The lowest BCUT2D eigenvalue weighted by molar-refractivity contribution is 0.134. The van der Waals surface area contributed by atoms with Gasteiger partial charge in [0.15, 0.2) is 0 Å². The van der Waals surface area contributed by atoms with E-state index in [4.69, 9.17) is 4.74 Å². The van der Waals surface area contributed by atoms with Crippen LogP contribution in [0.15, 0.2) is 42.5 Å². The van der Waals surface area contributed by atoms with Crippen LogP contribution < -0.4 is 5.32 Å². The molecule has 0 saturated heterocycles. The summed E-state index contributed by atoms with van der Waals surface area (Å²) >= 11 is 0. The normalized spacial score (nSPS) is 12.0. The number of nitrogens with one attached hydrogen (secondary N) is 1. The first-order valence-electron chi connectivity index (χ1n) is 7.65. The Morgan fingerprint density at radius 1 is 1.29 bits per heavy atom. The molecule has 0 heterocycles. The van der Waals surface area contributed by atoms with Crippen LogP contribution in [0.5, 0.6) is 0 Å². The second-order valence-corrected chi connectivity index (χ2v) is 5.84. The van der Waals surface area contributed by atoms with Crippen molar-refractivity contribution in [2.45, 2.75) is 52.7 Å². The zero-order valence-corrected chi connectivity index (χ0v) is 13.4. The lowest BCUT2D eigenvalue weighted by atomic mass is 9.97. The van der Waals surface area contributed by atoms with Gasteiger partial charge in [-0.15, -0.1) is 0 Å². The van der Waals surface area contributed by atoms with Gasteiger partial charge < -0.3 is 10.1 Å². The van der Waals surface area contributed by atoms with E-state index in [2.05, 4.69) is 32.7 Å². The molecular weight excluding hydrogens is 262 g/mol. The molecule has 1 unspecified atom stereocenters. The molecule has 1 N–H and O–H groups in total. The monoisotopic (exact) mass is 289 g/mol. The number of hydrogen-bond acceptors (Lipinski definition) is 2. The van der Waals surface area contributed by atoms with E-state index in [1.807, 2.05) is 30.3 Å². The minimum Gasteiger partial charge on any atom is -0.445 e. The van der Waals surface area contributed by atoms with Crippen LogP contribution in [0, 0.1) is 5.92 Å². The van der Waals surface area contributed by atoms with Gasteiger partial charge in [0.05, 0.1) is 0 Å². The van der Waals surface area contributed by atoms with Crippen molar-refractivity contribution in [1.82, 2.24) is 5.32 Å². The van der Waals surface area contributed by atoms with E-state index in [0.717, 1.165) is 30.4 Å². The number of alkyl carbamates (subject to hydrolysis) is 1. The number of benzene rings is 1. The molecule has 0 saturated carbocycles. The van der Waals surface area contributed by atoms with Crippen molar-refractivity contribution in [2.24, 2.45) is 5.92 Å². The molecule has 0 aliphatic heterocycles. The highest BCUT2D eigenvalue weighted by Crippen LogP contribution is 2.14. The molecule has 1 atom stereocenters. The molecule has 1 aromatic carbocycles. The summed E-state index contributed by atoms with van der Waals surface area (Å²) in [5.74, 6) is 0.522. The summed E-state index contributed by atoms with van der Waals surface area (Å²) in [6.07, 6.45) is 2.33. The van der Waals surface area contributed by atoms with Crippen LogP contribution in [0.4, 0.5) is 4.79 Å². The fourth-order valence-electron chi connectivity index (χ4n) is 2.19. The highest BCUT2D eigenvalue weighted by molar-refractivity contribution is 5.67. The smallest absolute Gasteiger partial charge is 0.407 e. The number of amides is 1. The molecule has 0 bridgehead atoms. The lowest BCUT2D eigenvalue weighted by Crippen LogP contribution is -2.36. The molecule has 0 fully saturated rings. The van der Waals surface area contributed by atoms with E-state index in [0.29, 0.717) is 12.5 Å². The van der Waals surface area contributed by atoms with Crippen LogP contribution in [-0.4, -0.2) is 12.1 Å².